The van der Waals surface area contributed by atoms with Gasteiger partial charge in [-0.3, -0.25) is 9.59 Å². The van der Waals surface area contributed by atoms with E-state index in [1.807, 2.05) is 0 Å². The number of esters is 1. The lowest BCUT2D eigenvalue weighted by Crippen LogP contribution is -2.33. The van der Waals surface area contributed by atoms with Crippen molar-refractivity contribution in [3.63, 3.8) is 0 Å². The normalized spacial score (nSPS) is 18.6. The number of hydrogen-bond acceptors (Lipinski definition) is 4. The molecule has 1 aromatic carbocycles. The molecule has 0 saturated carbocycles. The summed E-state index contributed by atoms with van der Waals surface area (Å²) in [7, 11) is 1.47. The molecule has 5 heteroatoms. The first-order valence-corrected chi connectivity index (χ1v) is 4.74. The van der Waals surface area contributed by atoms with Crippen molar-refractivity contribution in [3.8, 4) is 11.5 Å². The molecule has 0 bridgehead atoms. The molecule has 1 N–H and O–H groups in total. The fourth-order valence-corrected chi connectivity index (χ4v) is 1.66. The highest BCUT2D eigenvalue weighted by Gasteiger charge is 2.35. The summed E-state index contributed by atoms with van der Waals surface area (Å²) in [6.07, 6.45) is 0.140. The second-order valence-electron chi connectivity index (χ2n) is 3.46. The minimum absolute atomic E-state index is 0.140. The van der Waals surface area contributed by atoms with E-state index < -0.39 is 17.9 Å². The third kappa shape index (κ3) is 1.60. The van der Waals surface area contributed by atoms with E-state index in [9.17, 15) is 9.59 Å². The van der Waals surface area contributed by atoms with Gasteiger partial charge in [0.2, 0.25) is 0 Å². The quantitative estimate of drug-likeness (QED) is 0.456. The Bertz CT molecular complexity index is 452. The number of ether oxygens (including phenoxy) is 2. The van der Waals surface area contributed by atoms with E-state index in [1.54, 1.807) is 18.2 Å². The molecular weight excluding hydrogens is 212 g/mol. The second-order valence-corrected chi connectivity index (χ2v) is 3.46. The number of carbonyl (C=O) groups is 2. The molecule has 1 atom stereocenters. The fraction of sp³-hybridized carbons (Fsp3) is 0.273. The smallest absolute Gasteiger partial charge is 0.326 e. The number of hydrogen-bond donors (Lipinski definition) is 1. The molecule has 16 heavy (non-hydrogen) atoms. The average molecular weight is 222 g/mol. The van der Waals surface area contributed by atoms with Crippen molar-refractivity contribution in [2.45, 2.75) is 6.42 Å². The maximum absolute atomic E-state index is 11.4. The Hall–Kier alpha value is -2.04. The second kappa shape index (κ2) is 3.84. The summed E-state index contributed by atoms with van der Waals surface area (Å²) in [6, 6.07) is 5.11. The van der Waals surface area contributed by atoms with E-state index in [2.05, 4.69) is 0 Å². The molecular formula is C11H10O5. The largest absolute Gasteiger partial charge is 0.493 e. The third-order valence-corrected chi connectivity index (χ3v) is 2.49. The zero-order valence-corrected chi connectivity index (χ0v) is 8.60. The molecule has 5 nitrogen and oxygen atoms in total. The van der Waals surface area contributed by atoms with Crippen molar-refractivity contribution in [2.75, 3.05) is 7.11 Å². The molecule has 1 aliphatic rings. The molecule has 0 saturated heterocycles. The van der Waals surface area contributed by atoms with Crippen LogP contribution in [0.3, 0.4) is 0 Å². The predicted octanol–water partition coefficient (Wildman–Crippen LogP) is 0.857. The predicted molar refractivity (Wildman–Crippen MR) is 53.5 cm³/mol. The zero-order valence-electron chi connectivity index (χ0n) is 8.60. The minimum Gasteiger partial charge on any atom is -0.493 e. The van der Waals surface area contributed by atoms with Crippen LogP contribution in [-0.2, 0) is 16.0 Å². The highest BCUT2D eigenvalue weighted by Crippen LogP contribution is 2.36. The van der Waals surface area contributed by atoms with E-state index in [-0.39, 0.29) is 6.42 Å². The SMILES string of the molecule is COc1cccc2c1OC(=O)[C@@H](C(=O)O)C2. The van der Waals surface area contributed by atoms with Gasteiger partial charge in [0.25, 0.3) is 0 Å². The van der Waals surface area contributed by atoms with Crippen molar-refractivity contribution in [3.05, 3.63) is 23.8 Å². The number of rotatable bonds is 2. The zero-order chi connectivity index (χ0) is 11.7. The van der Waals surface area contributed by atoms with Gasteiger partial charge in [0.15, 0.2) is 17.4 Å². The summed E-state index contributed by atoms with van der Waals surface area (Å²) >= 11 is 0. The maximum atomic E-state index is 11.4. The number of methoxy groups -OCH3 is 1. The van der Waals surface area contributed by atoms with Crippen LogP contribution in [0.5, 0.6) is 11.5 Å². The van der Waals surface area contributed by atoms with Crippen LogP contribution in [0.4, 0.5) is 0 Å². The first-order valence-electron chi connectivity index (χ1n) is 4.74. The van der Waals surface area contributed by atoms with Gasteiger partial charge in [-0.1, -0.05) is 12.1 Å². The summed E-state index contributed by atoms with van der Waals surface area (Å²) in [6.45, 7) is 0. The monoisotopic (exact) mass is 222 g/mol. The Kier molecular flexibility index (Phi) is 2.52. The number of carbonyl (C=O) groups excluding carboxylic acids is 1. The molecule has 1 heterocycles. The van der Waals surface area contributed by atoms with Gasteiger partial charge in [-0.2, -0.15) is 0 Å². The van der Waals surface area contributed by atoms with Crippen molar-refractivity contribution >= 4 is 11.9 Å². The van der Waals surface area contributed by atoms with Crippen molar-refractivity contribution < 1.29 is 24.2 Å². The van der Waals surface area contributed by atoms with Crippen molar-refractivity contribution in [2.24, 2.45) is 5.92 Å². The van der Waals surface area contributed by atoms with Crippen LogP contribution in [0.15, 0.2) is 18.2 Å². The highest BCUT2D eigenvalue weighted by molar-refractivity contribution is 5.96. The van der Waals surface area contributed by atoms with E-state index >= 15 is 0 Å². The Morgan fingerprint density at radius 1 is 1.56 bits per heavy atom. The number of carboxylic acids is 1. The molecule has 2 rings (SSSR count). The molecule has 0 aliphatic carbocycles. The number of fused-ring (bicyclic) bond motifs is 1. The van der Waals surface area contributed by atoms with Crippen LogP contribution in [0.1, 0.15) is 5.56 Å². The summed E-state index contributed by atoms with van der Waals surface area (Å²) in [5.41, 5.74) is 0.673. The molecule has 0 unspecified atom stereocenters. The first kappa shape index (κ1) is 10.5. The van der Waals surface area contributed by atoms with Crippen LogP contribution in [0.2, 0.25) is 0 Å². The van der Waals surface area contributed by atoms with E-state index in [4.69, 9.17) is 14.6 Å². The fourth-order valence-electron chi connectivity index (χ4n) is 1.66. The number of benzene rings is 1. The molecule has 84 valence electrons. The van der Waals surface area contributed by atoms with Crippen LogP contribution < -0.4 is 9.47 Å². The molecule has 0 amide bonds. The first-order chi connectivity index (χ1) is 7.63. The van der Waals surface area contributed by atoms with Gasteiger partial charge < -0.3 is 14.6 Å². The third-order valence-electron chi connectivity index (χ3n) is 2.49. The van der Waals surface area contributed by atoms with Crippen LogP contribution in [0, 0.1) is 5.92 Å². The molecule has 1 aromatic rings. The number of carboxylic acid groups (broad SMARTS) is 1. The molecule has 0 radical (unpaired) electrons. The minimum atomic E-state index is -1.17. The van der Waals surface area contributed by atoms with Gasteiger partial charge in [-0.15, -0.1) is 0 Å². The Labute approximate surface area is 91.6 Å². The average Bonchev–Trinajstić information content (AvgIpc) is 2.27. The summed E-state index contributed by atoms with van der Waals surface area (Å²) in [5, 5.41) is 8.83. The van der Waals surface area contributed by atoms with Gasteiger partial charge in [-0.05, 0) is 6.07 Å². The van der Waals surface area contributed by atoms with Gasteiger partial charge in [0, 0.05) is 12.0 Å². The van der Waals surface area contributed by atoms with Crippen molar-refractivity contribution in [1.82, 2.24) is 0 Å². The lowest BCUT2D eigenvalue weighted by atomic mass is 9.96. The Morgan fingerprint density at radius 3 is 2.94 bits per heavy atom. The summed E-state index contributed by atoms with van der Waals surface area (Å²) < 4.78 is 10.0. The Balaban J connectivity index is 2.42. The molecule has 1 aliphatic heterocycles. The molecule has 0 fully saturated rings. The maximum Gasteiger partial charge on any atom is 0.326 e. The summed E-state index contributed by atoms with van der Waals surface area (Å²) in [5.74, 6) is -2.27. The van der Waals surface area contributed by atoms with Gasteiger partial charge in [-0.25, -0.2) is 0 Å². The number of para-hydroxylation sites is 1. The van der Waals surface area contributed by atoms with Crippen LogP contribution in [0.25, 0.3) is 0 Å². The summed E-state index contributed by atoms with van der Waals surface area (Å²) in [4.78, 5) is 22.2. The van der Waals surface area contributed by atoms with E-state index in [0.29, 0.717) is 17.1 Å². The van der Waals surface area contributed by atoms with Gasteiger partial charge in [0.1, 0.15) is 0 Å². The lowest BCUT2D eigenvalue weighted by molar-refractivity contribution is -0.153. The topological polar surface area (TPSA) is 72.8 Å². The van der Waals surface area contributed by atoms with Crippen LogP contribution in [-0.4, -0.2) is 24.2 Å². The standard InChI is InChI=1S/C11H10O5/c1-15-8-4-2-3-6-5-7(10(12)13)11(14)16-9(6)8/h2-4,7H,5H2,1H3,(H,12,13)/t7-/m1/s1. The molecule has 0 spiro atoms. The lowest BCUT2D eigenvalue weighted by Gasteiger charge is -2.21. The Morgan fingerprint density at radius 2 is 2.31 bits per heavy atom. The van der Waals surface area contributed by atoms with Gasteiger partial charge in [0.05, 0.1) is 7.11 Å². The van der Waals surface area contributed by atoms with Crippen LogP contribution >= 0.6 is 0 Å². The highest BCUT2D eigenvalue weighted by atomic mass is 16.6. The van der Waals surface area contributed by atoms with Crippen molar-refractivity contribution in [1.29, 1.82) is 0 Å². The van der Waals surface area contributed by atoms with E-state index in [1.165, 1.54) is 7.11 Å². The molecule has 0 aromatic heterocycles. The van der Waals surface area contributed by atoms with Gasteiger partial charge >= 0.3 is 11.9 Å². The number of aliphatic carboxylic acids is 1. The van der Waals surface area contributed by atoms with E-state index in [0.717, 1.165) is 0 Å².